The second-order valence-electron chi connectivity index (χ2n) is 2.55. The molecule has 56 valence electrons. The van der Waals surface area contributed by atoms with Gasteiger partial charge in [-0.05, 0) is 19.9 Å². The summed E-state index contributed by atoms with van der Waals surface area (Å²) in [6.45, 7) is 3.86. The van der Waals surface area contributed by atoms with Gasteiger partial charge in [0.15, 0.2) is 12.0 Å². The molecule has 0 aromatic carbocycles. The van der Waals surface area contributed by atoms with E-state index in [1.807, 2.05) is 19.9 Å². The summed E-state index contributed by atoms with van der Waals surface area (Å²) in [4.78, 5) is 8.27. The maximum absolute atomic E-state index is 5.13. The first-order valence-electron chi connectivity index (χ1n) is 3.45. The molecular formula is C8H8N2O. The van der Waals surface area contributed by atoms with Gasteiger partial charge in [0.2, 0.25) is 0 Å². The van der Waals surface area contributed by atoms with Gasteiger partial charge in [-0.3, -0.25) is 4.98 Å². The van der Waals surface area contributed by atoms with E-state index in [4.69, 9.17) is 4.42 Å². The molecule has 2 heterocycles. The Morgan fingerprint density at radius 2 is 2.18 bits per heavy atom. The van der Waals surface area contributed by atoms with Gasteiger partial charge in [0.25, 0.3) is 0 Å². The molecule has 0 unspecified atom stereocenters. The SMILES string of the molecule is Cc1cc2ncoc2c(C)n1. The highest BCUT2D eigenvalue weighted by molar-refractivity contribution is 5.74. The minimum Gasteiger partial charge on any atom is -0.442 e. The van der Waals surface area contributed by atoms with E-state index in [1.54, 1.807) is 0 Å². The molecule has 0 aliphatic heterocycles. The highest BCUT2D eigenvalue weighted by atomic mass is 16.3. The van der Waals surface area contributed by atoms with Crippen LogP contribution in [0.2, 0.25) is 0 Å². The molecule has 2 rings (SSSR count). The van der Waals surface area contributed by atoms with Crippen LogP contribution in [0.5, 0.6) is 0 Å². The fourth-order valence-electron chi connectivity index (χ4n) is 1.17. The molecule has 0 atom stereocenters. The summed E-state index contributed by atoms with van der Waals surface area (Å²) in [5, 5.41) is 0. The van der Waals surface area contributed by atoms with Crippen molar-refractivity contribution >= 4 is 11.1 Å². The minimum atomic E-state index is 0.788. The first-order valence-corrected chi connectivity index (χ1v) is 3.45. The largest absolute Gasteiger partial charge is 0.442 e. The van der Waals surface area contributed by atoms with Crippen molar-refractivity contribution in [2.45, 2.75) is 13.8 Å². The number of hydrogen-bond donors (Lipinski definition) is 0. The quantitative estimate of drug-likeness (QED) is 0.572. The van der Waals surface area contributed by atoms with Crippen LogP contribution in [0.15, 0.2) is 16.9 Å². The maximum Gasteiger partial charge on any atom is 0.182 e. The Labute approximate surface area is 64.1 Å². The molecule has 0 fully saturated rings. The van der Waals surface area contributed by atoms with Crippen LogP contribution < -0.4 is 0 Å². The normalized spacial score (nSPS) is 10.7. The Kier molecular flexibility index (Phi) is 1.18. The van der Waals surface area contributed by atoms with Crippen molar-refractivity contribution in [1.29, 1.82) is 0 Å². The number of fused-ring (bicyclic) bond motifs is 1. The molecule has 11 heavy (non-hydrogen) atoms. The van der Waals surface area contributed by atoms with E-state index in [2.05, 4.69) is 9.97 Å². The van der Waals surface area contributed by atoms with Crippen LogP contribution in [0.25, 0.3) is 11.1 Å². The van der Waals surface area contributed by atoms with Crippen molar-refractivity contribution in [1.82, 2.24) is 9.97 Å². The van der Waals surface area contributed by atoms with E-state index in [0.29, 0.717) is 0 Å². The lowest BCUT2D eigenvalue weighted by Gasteiger charge is -1.93. The summed E-state index contributed by atoms with van der Waals surface area (Å²) in [6.07, 6.45) is 1.44. The first-order chi connectivity index (χ1) is 5.27. The summed E-state index contributed by atoms with van der Waals surface area (Å²) < 4.78 is 5.13. The molecule has 0 bridgehead atoms. The number of nitrogens with zero attached hydrogens (tertiary/aromatic N) is 2. The summed E-state index contributed by atoms with van der Waals surface area (Å²) in [7, 11) is 0. The monoisotopic (exact) mass is 148 g/mol. The molecule has 0 saturated heterocycles. The molecule has 0 saturated carbocycles. The lowest BCUT2D eigenvalue weighted by molar-refractivity contribution is 0.597. The number of hydrogen-bond acceptors (Lipinski definition) is 3. The zero-order valence-electron chi connectivity index (χ0n) is 6.46. The lowest BCUT2D eigenvalue weighted by atomic mass is 10.3. The summed E-state index contributed by atoms with van der Waals surface area (Å²) in [6, 6.07) is 1.91. The second kappa shape index (κ2) is 2.05. The van der Waals surface area contributed by atoms with Gasteiger partial charge in [-0.1, -0.05) is 0 Å². The molecule has 3 heteroatoms. The summed E-state index contributed by atoms with van der Waals surface area (Å²) in [5.41, 5.74) is 3.55. The molecule has 0 N–H and O–H groups in total. The van der Waals surface area contributed by atoms with Gasteiger partial charge in [0, 0.05) is 5.69 Å². The van der Waals surface area contributed by atoms with Crippen LogP contribution in [0.1, 0.15) is 11.4 Å². The standard InChI is InChI=1S/C8H8N2O/c1-5-3-7-8(6(2)10-5)11-4-9-7/h3-4H,1-2H3. The van der Waals surface area contributed by atoms with Gasteiger partial charge in [-0.2, -0.15) is 0 Å². The molecular weight excluding hydrogens is 140 g/mol. The predicted molar refractivity (Wildman–Crippen MR) is 41.3 cm³/mol. The van der Waals surface area contributed by atoms with E-state index >= 15 is 0 Å². The Morgan fingerprint density at radius 3 is 3.00 bits per heavy atom. The Hall–Kier alpha value is -1.38. The molecule has 2 aromatic rings. The van der Waals surface area contributed by atoms with Gasteiger partial charge in [0.1, 0.15) is 5.52 Å². The van der Waals surface area contributed by atoms with Crippen LogP contribution in [0.3, 0.4) is 0 Å². The second-order valence-corrected chi connectivity index (χ2v) is 2.55. The van der Waals surface area contributed by atoms with E-state index < -0.39 is 0 Å². The first kappa shape index (κ1) is 6.34. The van der Waals surface area contributed by atoms with Crippen molar-refractivity contribution in [3.63, 3.8) is 0 Å². The number of aromatic nitrogens is 2. The molecule has 0 radical (unpaired) electrons. The lowest BCUT2D eigenvalue weighted by Crippen LogP contribution is -1.85. The molecule has 0 amide bonds. The summed E-state index contributed by atoms with van der Waals surface area (Å²) >= 11 is 0. The molecule has 0 spiro atoms. The van der Waals surface area contributed by atoms with E-state index in [1.165, 1.54) is 6.39 Å². The third-order valence-electron chi connectivity index (χ3n) is 1.61. The number of pyridine rings is 1. The number of aryl methyl sites for hydroxylation is 2. The average molecular weight is 148 g/mol. The topological polar surface area (TPSA) is 38.9 Å². The Bertz CT molecular complexity index is 392. The van der Waals surface area contributed by atoms with Gasteiger partial charge in [0.05, 0.1) is 5.69 Å². The molecule has 0 aliphatic rings. The zero-order valence-corrected chi connectivity index (χ0v) is 6.46. The van der Waals surface area contributed by atoms with Crippen molar-refractivity contribution in [3.8, 4) is 0 Å². The average Bonchev–Trinajstić information content (AvgIpc) is 2.34. The van der Waals surface area contributed by atoms with Crippen molar-refractivity contribution < 1.29 is 4.42 Å². The van der Waals surface area contributed by atoms with E-state index in [9.17, 15) is 0 Å². The highest BCUT2D eigenvalue weighted by Crippen LogP contribution is 2.15. The van der Waals surface area contributed by atoms with Crippen molar-refractivity contribution in [2.75, 3.05) is 0 Å². The van der Waals surface area contributed by atoms with E-state index in [-0.39, 0.29) is 0 Å². The van der Waals surface area contributed by atoms with Crippen LogP contribution in [-0.4, -0.2) is 9.97 Å². The number of rotatable bonds is 0. The predicted octanol–water partition coefficient (Wildman–Crippen LogP) is 1.84. The fourth-order valence-corrected chi connectivity index (χ4v) is 1.17. The van der Waals surface area contributed by atoms with Gasteiger partial charge in [-0.25, -0.2) is 4.98 Å². The Balaban J connectivity index is 2.91. The fraction of sp³-hybridized carbons (Fsp3) is 0.250. The zero-order chi connectivity index (χ0) is 7.84. The third-order valence-corrected chi connectivity index (χ3v) is 1.61. The number of oxazole rings is 1. The maximum atomic E-state index is 5.13. The van der Waals surface area contributed by atoms with Crippen molar-refractivity contribution in [2.24, 2.45) is 0 Å². The summed E-state index contributed by atoms with van der Waals surface area (Å²) in [5.74, 6) is 0. The Morgan fingerprint density at radius 1 is 1.36 bits per heavy atom. The van der Waals surface area contributed by atoms with Crippen LogP contribution in [0, 0.1) is 13.8 Å². The van der Waals surface area contributed by atoms with Gasteiger partial charge < -0.3 is 4.42 Å². The highest BCUT2D eigenvalue weighted by Gasteiger charge is 2.02. The van der Waals surface area contributed by atoms with Crippen molar-refractivity contribution in [3.05, 3.63) is 23.8 Å². The van der Waals surface area contributed by atoms with Crippen LogP contribution in [-0.2, 0) is 0 Å². The van der Waals surface area contributed by atoms with Gasteiger partial charge in [-0.15, -0.1) is 0 Å². The smallest absolute Gasteiger partial charge is 0.182 e. The van der Waals surface area contributed by atoms with Crippen LogP contribution >= 0.6 is 0 Å². The van der Waals surface area contributed by atoms with Gasteiger partial charge >= 0.3 is 0 Å². The molecule has 3 nitrogen and oxygen atoms in total. The molecule has 0 aliphatic carbocycles. The minimum absolute atomic E-state index is 0.788. The van der Waals surface area contributed by atoms with E-state index in [0.717, 1.165) is 22.5 Å². The third kappa shape index (κ3) is 0.888. The molecule has 2 aromatic heterocycles. The van der Waals surface area contributed by atoms with Crippen LogP contribution in [0.4, 0.5) is 0 Å².